The molecule has 3 N–H and O–H groups in total. The second-order valence-corrected chi connectivity index (χ2v) is 3.46. The van der Waals surface area contributed by atoms with Gasteiger partial charge in [-0.15, -0.1) is 0 Å². The van der Waals surface area contributed by atoms with Crippen LogP contribution in [0, 0.1) is 6.92 Å². The van der Waals surface area contributed by atoms with Gasteiger partial charge >= 0.3 is 0 Å². The number of phenolic OH excluding ortho intramolecular Hbond substituents is 1. The van der Waals surface area contributed by atoms with Gasteiger partial charge in [-0.2, -0.15) is 0 Å². The fourth-order valence-electron chi connectivity index (χ4n) is 1.62. The number of phenols is 1. The third-order valence-corrected chi connectivity index (χ3v) is 2.28. The fraction of sp³-hybridized carbons (Fsp3) is 0.182. The van der Waals surface area contributed by atoms with E-state index in [4.69, 9.17) is 15.0 Å². The molecule has 0 saturated carbocycles. The van der Waals surface area contributed by atoms with Crippen molar-refractivity contribution in [3.8, 4) is 22.8 Å². The smallest absolute Gasteiger partial charge is 0.173 e. The lowest BCUT2D eigenvalue weighted by Crippen LogP contribution is -1.90. The fourth-order valence-corrected chi connectivity index (χ4v) is 1.62. The Morgan fingerprint density at radius 3 is 2.69 bits per heavy atom. The molecule has 16 heavy (non-hydrogen) atoms. The Kier molecular flexibility index (Phi) is 2.44. The van der Waals surface area contributed by atoms with Crippen LogP contribution >= 0.6 is 0 Å². The van der Waals surface area contributed by atoms with E-state index in [1.54, 1.807) is 12.1 Å². The molecule has 2 aromatic rings. The first kappa shape index (κ1) is 10.4. The summed E-state index contributed by atoms with van der Waals surface area (Å²) < 4.78 is 10.3. The van der Waals surface area contributed by atoms with E-state index in [9.17, 15) is 5.11 Å². The summed E-state index contributed by atoms with van der Waals surface area (Å²) in [5, 5.41) is 13.1. The van der Waals surface area contributed by atoms with Crippen LogP contribution in [0.25, 0.3) is 11.3 Å². The number of benzene rings is 1. The molecule has 0 spiro atoms. The Morgan fingerprint density at radius 2 is 2.12 bits per heavy atom. The van der Waals surface area contributed by atoms with Crippen LogP contribution in [0.2, 0.25) is 0 Å². The van der Waals surface area contributed by atoms with E-state index >= 15 is 0 Å². The van der Waals surface area contributed by atoms with Crippen LogP contribution in [0.5, 0.6) is 11.5 Å². The Labute approximate surface area is 92.4 Å². The highest BCUT2D eigenvalue weighted by atomic mass is 16.5. The summed E-state index contributed by atoms with van der Waals surface area (Å²) in [6, 6.07) is 4.75. The highest BCUT2D eigenvalue weighted by Crippen LogP contribution is 2.36. The number of aryl methyl sites for hydroxylation is 1. The number of nitrogen functional groups attached to an aromatic ring is 1. The molecule has 0 unspecified atom stereocenters. The number of hydrogen-bond acceptors (Lipinski definition) is 5. The van der Waals surface area contributed by atoms with E-state index < -0.39 is 0 Å². The minimum Gasteiger partial charge on any atom is -0.508 e. The van der Waals surface area contributed by atoms with Crippen LogP contribution in [0.4, 0.5) is 5.82 Å². The molecule has 5 nitrogen and oxygen atoms in total. The number of methoxy groups -OCH3 is 1. The average molecular weight is 220 g/mol. The molecule has 0 aliphatic heterocycles. The Morgan fingerprint density at radius 1 is 1.38 bits per heavy atom. The second-order valence-electron chi connectivity index (χ2n) is 3.46. The summed E-state index contributed by atoms with van der Waals surface area (Å²) in [4.78, 5) is 0. The van der Waals surface area contributed by atoms with Gasteiger partial charge in [0.2, 0.25) is 0 Å². The summed E-state index contributed by atoms with van der Waals surface area (Å²) in [5.41, 5.74) is 7.06. The van der Waals surface area contributed by atoms with Crippen molar-refractivity contribution in [2.24, 2.45) is 0 Å². The Bertz CT molecular complexity index is 520. The monoisotopic (exact) mass is 220 g/mol. The zero-order valence-electron chi connectivity index (χ0n) is 9.02. The van der Waals surface area contributed by atoms with Gasteiger partial charge in [0.05, 0.1) is 12.7 Å². The van der Waals surface area contributed by atoms with Gasteiger partial charge < -0.3 is 20.1 Å². The van der Waals surface area contributed by atoms with Crippen molar-refractivity contribution in [2.75, 3.05) is 12.8 Å². The van der Waals surface area contributed by atoms with Crippen molar-refractivity contribution in [3.63, 3.8) is 0 Å². The van der Waals surface area contributed by atoms with E-state index in [-0.39, 0.29) is 5.75 Å². The molecule has 5 heteroatoms. The minimum absolute atomic E-state index is 0.144. The third kappa shape index (κ3) is 1.67. The van der Waals surface area contributed by atoms with E-state index in [2.05, 4.69) is 5.16 Å². The molecule has 0 aliphatic rings. The first-order valence-electron chi connectivity index (χ1n) is 4.72. The minimum atomic E-state index is 0.144. The van der Waals surface area contributed by atoms with Crippen LogP contribution < -0.4 is 10.5 Å². The van der Waals surface area contributed by atoms with Crippen LogP contribution in [-0.4, -0.2) is 17.4 Å². The largest absolute Gasteiger partial charge is 0.508 e. The van der Waals surface area contributed by atoms with Crippen molar-refractivity contribution >= 4 is 5.82 Å². The standard InChI is InChI=1S/C11H12N2O3/c1-6-3-7(14)4-8(15-2)11(6)9-5-10(12)13-16-9/h3-5,14H,1-2H3,(H2,12,13). The zero-order valence-corrected chi connectivity index (χ0v) is 9.02. The molecule has 0 atom stereocenters. The molecule has 0 radical (unpaired) electrons. The molecule has 0 bridgehead atoms. The Balaban J connectivity index is 2.63. The third-order valence-electron chi connectivity index (χ3n) is 2.28. The predicted octanol–water partition coefficient (Wildman–Crippen LogP) is 1.95. The number of nitrogens with two attached hydrogens (primary N) is 1. The van der Waals surface area contributed by atoms with Gasteiger partial charge in [-0.3, -0.25) is 0 Å². The molecule has 0 amide bonds. The van der Waals surface area contributed by atoms with Gasteiger partial charge in [-0.25, -0.2) is 0 Å². The number of hydrogen-bond donors (Lipinski definition) is 2. The maximum atomic E-state index is 9.45. The molecule has 1 aromatic carbocycles. The first-order chi connectivity index (χ1) is 7.61. The van der Waals surface area contributed by atoms with Gasteiger partial charge in [0.1, 0.15) is 11.5 Å². The lowest BCUT2D eigenvalue weighted by molar-refractivity contribution is 0.401. The second kappa shape index (κ2) is 3.77. The van der Waals surface area contributed by atoms with Crippen LogP contribution in [0.1, 0.15) is 5.56 Å². The molecule has 0 saturated heterocycles. The zero-order chi connectivity index (χ0) is 11.7. The number of ether oxygens (including phenoxy) is 1. The quantitative estimate of drug-likeness (QED) is 0.808. The van der Waals surface area contributed by atoms with Gasteiger partial charge in [-0.05, 0) is 18.6 Å². The Hall–Kier alpha value is -2.17. The van der Waals surface area contributed by atoms with E-state index in [1.807, 2.05) is 6.92 Å². The average Bonchev–Trinajstić information content (AvgIpc) is 2.63. The summed E-state index contributed by atoms with van der Waals surface area (Å²) in [5.74, 6) is 1.50. The number of aromatic nitrogens is 1. The predicted molar refractivity (Wildman–Crippen MR) is 59.3 cm³/mol. The molecule has 0 fully saturated rings. The lowest BCUT2D eigenvalue weighted by atomic mass is 10.0. The molecule has 1 heterocycles. The van der Waals surface area contributed by atoms with Crippen molar-refractivity contribution in [1.82, 2.24) is 5.16 Å². The summed E-state index contributed by atoms with van der Waals surface area (Å²) in [7, 11) is 1.53. The topological polar surface area (TPSA) is 81.5 Å². The van der Waals surface area contributed by atoms with E-state index in [0.29, 0.717) is 17.3 Å². The van der Waals surface area contributed by atoms with Crippen LogP contribution in [0.3, 0.4) is 0 Å². The maximum Gasteiger partial charge on any atom is 0.173 e. The van der Waals surface area contributed by atoms with Gasteiger partial charge in [0.25, 0.3) is 0 Å². The molecule has 1 aromatic heterocycles. The number of anilines is 1. The normalized spacial score (nSPS) is 10.4. The number of rotatable bonds is 2. The highest BCUT2D eigenvalue weighted by Gasteiger charge is 2.15. The van der Waals surface area contributed by atoms with Gasteiger partial charge in [-0.1, -0.05) is 5.16 Å². The van der Waals surface area contributed by atoms with Crippen molar-refractivity contribution in [1.29, 1.82) is 0 Å². The van der Waals surface area contributed by atoms with Gasteiger partial charge in [0, 0.05) is 12.1 Å². The molecule has 84 valence electrons. The number of aromatic hydroxyl groups is 1. The SMILES string of the molecule is COc1cc(O)cc(C)c1-c1cc(N)no1. The molecule has 2 rings (SSSR count). The van der Waals surface area contributed by atoms with E-state index in [1.165, 1.54) is 13.2 Å². The van der Waals surface area contributed by atoms with Crippen LogP contribution in [0.15, 0.2) is 22.7 Å². The molecular formula is C11H12N2O3. The summed E-state index contributed by atoms with van der Waals surface area (Å²) >= 11 is 0. The van der Waals surface area contributed by atoms with Gasteiger partial charge in [0.15, 0.2) is 11.6 Å². The van der Waals surface area contributed by atoms with Crippen LogP contribution in [-0.2, 0) is 0 Å². The molecular weight excluding hydrogens is 208 g/mol. The lowest BCUT2D eigenvalue weighted by Gasteiger charge is -2.09. The van der Waals surface area contributed by atoms with Crippen molar-refractivity contribution in [3.05, 3.63) is 23.8 Å². The highest BCUT2D eigenvalue weighted by molar-refractivity contribution is 5.72. The van der Waals surface area contributed by atoms with Crippen molar-refractivity contribution < 1.29 is 14.4 Å². The van der Waals surface area contributed by atoms with Crippen molar-refractivity contribution in [2.45, 2.75) is 6.92 Å². The maximum absolute atomic E-state index is 9.45. The summed E-state index contributed by atoms with van der Waals surface area (Å²) in [6.07, 6.45) is 0. The summed E-state index contributed by atoms with van der Waals surface area (Å²) in [6.45, 7) is 1.84. The first-order valence-corrected chi connectivity index (χ1v) is 4.72. The molecule has 0 aliphatic carbocycles. The van der Waals surface area contributed by atoms with E-state index in [0.717, 1.165) is 11.1 Å². The number of nitrogens with zero attached hydrogens (tertiary/aromatic N) is 1.